The highest BCUT2D eigenvalue weighted by atomic mass is 35.5. The number of benzene rings is 1. The van der Waals surface area contributed by atoms with Crippen molar-refractivity contribution >= 4 is 45.0 Å². The summed E-state index contributed by atoms with van der Waals surface area (Å²) in [5.74, 6) is -0.0390. The number of carbonyl (C=O) groups is 1. The molecular weight excluding hydrogens is 394 g/mol. The Morgan fingerprint density at radius 2 is 1.96 bits per heavy atom. The van der Waals surface area contributed by atoms with Crippen LogP contribution in [0.15, 0.2) is 30.5 Å². The number of hydrogen-bond donors (Lipinski definition) is 0. The summed E-state index contributed by atoms with van der Waals surface area (Å²) >= 11 is 1.58. The first-order valence-electron chi connectivity index (χ1n) is 9.41. The van der Waals surface area contributed by atoms with Crippen molar-refractivity contribution in [1.82, 2.24) is 19.7 Å². The minimum Gasteiger partial charge on any atom is -0.309 e. The number of halogens is 1. The molecule has 8 heteroatoms. The van der Waals surface area contributed by atoms with Gasteiger partial charge in [0, 0.05) is 19.3 Å². The van der Waals surface area contributed by atoms with Crippen LogP contribution >= 0.6 is 23.7 Å². The standard InChI is InChI=1S/C20H27N5OS.ClH/c1-5-15-8-9-16-18(14-15)27-20(22-16)24(13-7-12-23(3)4)19(26)17-10-11-21-25(17)6-2;/h8-11,14H,5-7,12-13H2,1-4H3;1H. The summed E-state index contributed by atoms with van der Waals surface area (Å²) in [5, 5.41) is 5.01. The highest BCUT2D eigenvalue weighted by molar-refractivity contribution is 7.22. The Labute approximate surface area is 176 Å². The number of anilines is 1. The molecule has 1 aromatic carbocycles. The van der Waals surface area contributed by atoms with E-state index in [2.05, 4.69) is 29.1 Å². The SMILES string of the molecule is CCc1ccc2nc(N(CCCN(C)C)C(=O)c3ccnn3CC)sc2c1.Cl. The Morgan fingerprint density at radius 1 is 1.18 bits per heavy atom. The monoisotopic (exact) mass is 421 g/mol. The number of hydrogen-bond acceptors (Lipinski definition) is 5. The van der Waals surface area contributed by atoms with Crippen molar-refractivity contribution in [2.24, 2.45) is 0 Å². The maximum atomic E-state index is 13.3. The smallest absolute Gasteiger partial charge is 0.278 e. The Balaban J connectivity index is 0.00000280. The van der Waals surface area contributed by atoms with Gasteiger partial charge in [-0.1, -0.05) is 24.3 Å². The molecule has 0 aliphatic rings. The number of thiazole rings is 1. The van der Waals surface area contributed by atoms with Crippen molar-refractivity contribution in [2.45, 2.75) is 33.2 Å². The predicted molar refractivity (Wildman–Crippen MR) is 119 cm³/mol. The zero-order chi connectivity index (χ0) is 19.4. The Bertz CT molecular complexity index is 920. The second-order valence-corrected chi connectivity index (χ2v) is 7.81. The highest BCUT2D eigenvalue weighted by Gasteiger charge is 2.23. The van der Waals surface area contributed by atoms with E-state index in [1.54, 1.807) is 28.3 Å². The lowest BCUT2D eigenvalue weighted by molar-refractivity contribution is 0.0975. The van der Waals surface area contributed by atoms with Gasteiger partial charge in [-0.05, 0) is 64.2 Å². The summed E-state index contributed by atoms with van der Waals surface area (Å²) in [5.41, 5.74) is 2.84. The molecule has 0 atom stereocenters. The number of rotatable bonds is 8. The third kappa shape index (κ3) is 4.90. The Kier molecular flexibility index (Phi) is 7.98. The molecule has 28 heavy (non-hydrogen) atoms. The van der Waals surface area contributed by atoms with E-state index in [1.807, 2.05) is 32.0 Å². The summed E-state index contributed by atoms with van der Waals surface area (Å²) in [6, 6.07) is 8.12. The van der Waals surface area contributed by atoms with Crippen LogP contribution in [0.25, 0.3) is 10.2 Å². The van der Waals surface area contributed by atoms with Gasteiger partial charge in [-0.15, -0.1) is 12.4 Å². The second-order valence-electron chi connectivity index (χ2n) is 6.80. The van der Waals surface area contributed by atoms with Gasteiger partial charge in [0.05, 0.1) is 10.2 Å². The molecule has 3 rings (SSSR count). The molecule has 0 aliphatic heterocycles. The van der Waals surface area contributed by atoms with Crippen LogP contribution < -0.4 is 4.90 Å². The van der Waals surface area contributed by atoms with Crippen LogP contribution in [0.4, 0.5) is 5.13 Å². The van der Waals surface area contributed by atoms with Crippen molar-refractivity contribution in [2.75, 3.05) is 32.1 Å². The van der Waals surface area contributed by atoms with Gasteiger partial charge in [-0.2, -0.15) is 5.10 Å². The van der Waals surface area contributed by atoms with Gasteiger partial charge < -0.3 is 4.90 Å². The summed E-state index contributed by atoms with van der Waals surface area (Å²) in [7, 11) is 4.09. The third-order valence-electron chi connectivity index (χ3n) is 4.55. The number of carbonyl (C=O) groups excluding carboxylic acids is 1. The van der Waals surface area contributed by atoms with Crippen LogP contribution in [-0.4, -0.2) is 52.8 Å². The first-order valence-corrected chi connectivity index (χ1v) is 10.2. The largest absolute Gasteiger partial charge is 0.309 e. The zero-order valence-electron chi connectivity index (χ0n) is 16.9. The first kappa shape index (κ1) is 22.3. The summed E-state index contributed by atoms with van der Waals surface area (Å²) in [6.45, 7) is 6.35. The van der Waals surface area contributed by atoms with E-state index in [-0.39, 0.29) is 18.3 Å². The van der Waals surface area contributed by atoms with Crippen LogP contribution in [0.2, 0.25) is 0 Å². The van der Waals surface area contributed by atoms with E-state index in [1.165, 1.54) is 5.56 Å². The molecule has 0 aliphatic carbocycles. The fourth-order valence-electron chi connectivity index (χ4n) is 3.03. The zero-order valence-corrected chi connectivity index (χ0v) is 18.5. The molecule has 0 spiro atoms. The summed E-state index contributed by atoms with van der Waals surface area (Å²) in [6.07, 6.45) is 3.56. The molecule has 152 valence electrons. The maximum Gasteiger partial charge on any atom is 0.278 e. The molecular formula is C20H28ClN5OS. The average molecular weight is 422 g/mol. The molecule has 2 heterocycles. The number of aryl methyl sites for hydroxylation is 2. The molecule has 0 radical (unpaired) electrons. The number of nitrogens with zero attached hydrogens (tertiary/aromatic N) is 5. The fourth-order valence-corrected chi connectivity index (χ4v) is 4.08. The Morgan fingerprint density at radius 3 is 2.64 bits per heavy atom. The van der Waals surface area contributed by atoms with Gasteiger partial charge >= 0.3 is 0 Å². The average Bonchev–Trinajstić information content (AvgIpc) is 3.29. The van der Waals surface area contributed by atoms with Crippen molar-refractivity contribution in [3.05, 3.63) is 41.7 Å². The lowest BCUT2D eigenvalue weighted by Crippen LogP contribution is -2.34. The summed E-state index contributed by atoms with van der Waals surface area (Å²) < 4.78 is 2.86. The molecule has 0 unspecified atom stereocenters. The summed E-state index contributed by atoms with van der Waals surface area (Å²) in [4.78, 5) is 22.0. The van der Waals surface area contributed by atoms with Crippen LogP contribution in [0.5, 0.6) is 0 Å². The molecule has 0 fully saturated rings. The molecule has 0 saturated carbocycles. The van der Waals surface area contributed by atoms with Crippen molar-refractivity contribution in [3.8, 4) is 0 Å². The fraction of sp³-hybridized carbons (Fsp3) is 0.450. The molecule has 3 aromatic rings. The van der Waals surface area contributed by atoms with E-state index in [4.69, 9.17) is 4.98 Å². The van der Waals surface area contributed by atoms with E-state index in [0.29, 0.717) is 18.8 Å². The first-order chi connectivity index (χ1) is 13.0. The van der Waals surface area contributed by atoms with Crippen molar-refractivity contribution in [1.29, 1.82) is 0 Å². The normalized spacial score (nSPS) is 11.0. The molecule has 0 N–H and O–H groups in total. The van der Waals surface area contributed by atoms with E-state index < -0.39 is 0 Å². The topological polar surface area (TPSA) is 54.3 Å². The van der Waals surface area contributed by atoms with Gasteiger partial charge in [0.1, 0.15) is 5.69 Å². The van der Waals surface area contributed by atoms with Gasteiger partial charge in [-0.25, -0.2) is 4.98 Å². The third-order valence-corrected chi connectivity index (χ3v) is 5.59. The number of amides is 1. The van der Waals surface area contributed by atoms with Gasteiger partial charge in [0.15, 0.2) is 5.13 Å². The lowest BCUT2D eigenvalue weighted by Gasteiger charge is -2.21. The highest BCUT2D eigenvalue weighted by Crippen LogP contribution is 2.30. The molecule has 0 bridgehead atoms. The van der Waals surface area contributed by atoms with Crippen LogP contribution in [0.1, 0.15) is 36.3 Å². The predicted octanol–water partition coefficient (Wildman–Crippen LogP) is 4.10. The van der Waals surface area contributed by atoms with Crippen LogP contribution in [0, 0.1) is 0 Å². The molecule has 1 amide bonds. The van der Waals surface area contributed by atoms with E-state index >= 15 is 0 Å². The lowest BCUT2D eigenvalue weighted by atomic mass is 10.2. The van der Waals surface area contributed by atoms with Crippen LogP contribution in [-0.2, 0) is 13.0 Å². The van der Waals surface area contributed by atoms with E-state index in [9.17, 15) is 4.79 Å². The van der Waals surface area contributed by atoms with Gasteiger partial charge in [-0.3, -0.25) is 14.4 Å². The molecule has 6 nitrogen and oxygen atoms in total. The van der Waals surface area contributed by atoms with Gasteiger partial charge in [0.25, 0.3) is 5.91 Å². The minimum atomic E-state index is -0.0390. The molecule has 2 aromatic heterocycles. The number of fused-ring (bicyclic) bond motifs is 1. The van der Waals surface area contributed by atoms with Crippen molar-refractivity contribution < 1.29 is 4.79 Å². The minimum absolute atomic E-state index is 0. The van der Waals surface area contributed by atoms with Gasteiger partial charge in [0.2, 0.25) is 0 Å². The van der Waals surface area contributed by atoms with Crippen LogP contribution in [0.3, 0.4) is 0 Å². The number of aromatic nitrogens is 3. The van der Waals surface area contributed by atoms with Crippen molar-refractivity contribution in [3.63, 3.8) is 0 Å². The quantitative estimate of drug-likeness (QED) is 0.549. The second kappa shape index (κ2) is 10.0. The van der Waals surface area contributed by atoms with E-state index in [0.717, 1.165) is 34.7 Å². The molecule has 0 saturated heterocycles. The maximum absolute atomic E-state index is 13.3. The Hall–Kier alpha value is -1.96.